The van der Waals surface area contributed by atoms with Crippen molar-refractivity contribution in [2.75, 3.05) is 17.2 Å². The molecule has 0 aromatic heterocycles. The number of carbonyl (C=O) groups is 2. The summed E-state index contributed by atoms with van der Waals surface area (Å²) in [4.78, 5) is 24.3. The zero-order valence-electron chi connectivity index (χ0n) is 17.7. The van der Waals surface area contributed by atoms with Crippen molar-refractivity contribution in [3.8, 4) is 5.75 Å². The molecule has 6 nitrogen and oxygen atoms in total. The van der Waals surface area contributed by atoms with Gasteiger partial charge in [0.25, 0.3) is 5.91 Å². The van der Waals surface area contributed by atoms with Crippen LogP contribution in [0.25, 0.3) is 0 Å². The molecule has 0 aliphatic heterocycles. The van der Waals surface area contributed by atoms with Gasteiger partial charge in [-0.05, 0) is 55.8 Å². The van der Waals surface area contributed by atoms with Crippen molar-refractivity contribution in [1.29, 1.82) is 0 Å². The quantitative estimate of drug-likeness (QED) is 0.480. The van der Waals surface area contributed by atoms with Crippen LogP contribution in [0.5, 0.6) is 5.75 Å². The number of hydrogen-bond acceptors (Lipinski definition) is 4. The first-order valence-electron chi connectivity index (χ1n) is 10.2. The summed E-state index contributed by atoms with van der Waals surface area (Å²) in [7, 11) is 0. The van der Waals surface area contributed by atoms with E-state index in [0.29, 0.717) is 23.6 Å². The monoisotopic (exact) mass is 417 g/mol. The number of benzene rings is 3. The van der Waals surface area contributed by atoms with Gasteiger partial charge in [-0.25, -0.2) is 0 Å². The van der Waals surface area contributed by atoms with Gasteiger partial charge >= 0.3 is 0 Å². The number of ether oxygens (including phenoxy) is 1. The Balaban J connectivity index is 1.48. The fourth-order valence-electron chi connectivity index (χ4n) is 2.88. The third-order valence-electron chi connectivity index (χ3n) is 4.39. The minimum Gasteiger partial charge on any atom is -0.489 e. The number of hydrogen-bond donors (Lipinski definition) is 3. The van der Waals surface area contributed by atoms with E-state index in [4.69, 9.17) is 4.74 Å². The molecule has 0 radical (unpaired) electrons. The zero-order chi connectivity index (χ0) is 22.1. The number of rotatable bonds is 9. The van der Waals surface area contributed by atoms with Gasteiger partial charge in [0, 0.05) is 29.0 Å². The molecule has 0 aliphatic rings. The van der Waals surface area contributed by atoms with E-state index in [9.17, 15) is 9.59 Å². The molecular weight excluding hydrogens is 390 g/mol. The normalized spacial score (nSPS) is 10.4. The van der Waals surface area contributed by atoms with Crippen molar-refractivity contribution in [3.05, 3.63) is 90.0 Å². The molecule has 0 saturated carbocycles. The maximum atomic E-state index is 12.3. The summed E-state index contributed by atoms with van der Waals surface area (Å²) < 4.78 is 5.80. The number of anilines is 2. The molecule has 160 valence electrons. The highest BCUT2D eigenvalue weighted by Crippen LogP contribution is 2.19. The van der Waals surface area contributed by atoms with Crippen molar-refractivity contribution in [2.45, 2.75) is 26.5 Å². The van der Waals surface area contributed by atoms with Gasteiger partial charge in [0.05, 0.1) is 6.54 Å². The molecule has 3 N–H and O–H groups in total. The molecule has 3 aromatic rings. The van der Waals surface area contributed by atoms with E-state index in [1.807, 2.05) is 62.4 Å². The molecular formula is C25H27N3O3. The Kier molecular flexibility index (Phi) is 7.65. The Labute approximate surface area is 182 Å². The van der Waals surface area contributed by atoms with Crippen LogP contribution < -0.4 is 20.7 Å². The highest BCUT2D eigenvalue weighted by molar-refractivity contribution is 5.95. The van der Waals surface area contributed by atoms with Crippen LogP contribution in [-0.2, 0) is 11.4 Å². The Morgan fingerprint density at radius 2 is 1.61 bits per heavy atom. The summed E-state index contributed by atoms with van der Waals surface area (Å²) in [6, 6.07) is 24.3. The molecule has 0 bridgehead atoms. The molecule has 0 spiro atoms. The summed E-state index contributed by atoms with van der Waals surface area (Å²) in [6.07, 6.45) is 0. The Morgan fingerprint density at radius 3 is 2.32 bits per heavy atom. The number of carbonyl (C=O) groups excluding carboxylic acids is 2. The predicted octanol–water partition coefficient (Wildman–Crippen LogP) is 4.45. The van der Waals surface area contributed by atoms with Crippen LogP contribution in [0.4, 0.5) is 11.4 Å². The molecule has 31 heavy (non-hydrogen) atoms. The van der Waals surface area contributed by atoms with E-state index in [0.717, 1.165) is 11.3 Å². The van der Waals surface area contributed by atoms with Crippen LogP contribution in [0.1, 0.15) is 29.8 Å². The second kappa shape index (κ2) is 10.8. The molecule has 0 atom stereocenters. The molecule has 3 rings (SSSR count). The van der Waals surface area contributed by atoms with Crippen LogP contribution in [0, 0.1) is 0 Å². The summed E-state index contributed by atoms with van der Waals surface area (Å²) >= 11 is 0. The first-order chi connectivity index (χ1) is 15.0. The second-order valence-electron chi connectivity index (χ2n) is 7.41. The van der Waals surface area contributed by atoms with E-state index < -0.39 is 0 Å². The standard InChI is InChI=1S/C25H27N3O3/c1-18(2)27-25(30)20-11-13-21(14-12-20)26-16-24(29)28-22-9-6-10-23(15-22)31-17-19-7-4-3-5-8-19/h3-15,18,26H,16-17H2,1-2H3,(H,27,30)(H,28,29). The minimum absolute atomic E-state index is 0.0799. The van der Waals surface area contributed by atoms with Crippen molar-refractivity contribution in [2.24, 2.45) is 0 Å². The fourth-order valence-corrected chi connectivity index (χ4v) is 2.88. The van der Waals surface area contributed by atoms with Gasteiger partial charge in [0.1, 0.15) is 12.4 Å². The molecule has 0 unspecified atom stereocenters. The van der Waals surface area contributed by atoms with Gasteiger partial charge < -0.3 is 20.7 Å². The van der Waals surface area contributed by atoms with Gasteiger partial charge in [-0.15, -0.1) is 0 Å². The summed E-state index contributed by atoms with van der Waals surface area (Å²) in [5.41, 5.74) is 3.08. The highest BCUT2D eigenvalue weighted by atomic mass is 16.5. The van der Waals surface area contributed by atoms with Gasteiger partial charge in [-0.3, -0.25) is 9.59 Å². The van der Waals surface area contributed by atoms with Gasteiger partial charge in [0.15, 0.2) is 0 Å². The van der Waals surface area contributed by atoms with Crippen molar-refractivity contribution >= 4 is 23.2 Å². The maximum absolute atomic E-state index is 12.3. The van der Waals surface area contributed by atoms with Gasteiger partial charge in [-0.2, -0.15) is 0 Å². The fraction of sp³-hybridized carbons (Fsp3) is 0.200. The first kappa shape index (κ1) is 21.9. The number of amides is 2. The van der Waals surface area contributed by atoms with Crippen molar-refractivity contribution < 1.29 is 14.3 Å². The lowest BCUT2D eigenvalue weighted by molar-refractivity contribution is -0.114. The summed E-state index contributed by atoms with van der Waals surface area (Å²) in [5, 5.41) is 8.76. The molecule has 2 amide bonds. The first-order valence-corrected chi connectivity index (χ1v) is 10.2. The lowest BCUT2D eigenvalue weighted by atomic mass is 10.2. The molecule has 3 aromatic carbocycles. The summed E-state index contributed by atoms with van der Waals surface area (Å²) in [6.45, 7) is 4.40. The average Bonchev–Trinajstić information content (AvgIpc) is 2.77. The molecule has 6 heteroatoms. The molecule has 0 saturated heterocycles. The third kappa shape index (κ3) is 7.19. The largest absolute Gasteiger partial charge is 0.489 e. The summed E-state index contributed by atoms with van der Waals surface area (Å²) in [5.74, 6) is 0.389. The predicted molar refractivity (Wildman–Crippen MR) is 123 cm³/mol. The molecule has 0 fully saturated rings. The van der Waals surface area contributed by atoms with E-state index >= 15 is 0 Å². The average molecular weight is 418 g/mol. The number of nitrogens with one attached hydrogen (secondary N) is 3. The smallest absolute Gasteiger partial charge is 0.251 e. The van der Waals surface area contributed by atoms with E-state index in [1.54, 1.807) is 30.3 Å². The topological polar surface area (TPSA) is 79.5 Å². The Morgan fingerprint density at radius 1 is 0.871 bits per heavy atom. The van der Waals surface area contributed by atoms with E-state index in [1.165, 1.54) is 0 Å². The van der Waals surface area contributed by atoms with Crippen LogP contribution in [0.15, 0.2) is 78.9 Å². The lowest BCUT2D eigenvalue weighted by Gasteiger charge is -2.11. The van der Waals surface area contributed by atoms with Crippen LogP contribution in [-0.4, -0.2) is 24.4 Å². The molecule has 0 aliphatic carbocycles. The third-order valence-corrected chi connectivity index (χ3v) is 4.39. The second-order valence-corrected chi connectivity index (χ2v) is 7.41. The molecule has 0 heterocycles. The van der Waals surface area contributed by atoms with Crippen molar-refractivity contribution in [1.82, 2.24) is 5.32 Å². The maximum Gasteiger partial charge on any atom is 0.251 e. The lowest BCUT2D eigenvalue weighted by Crippen LogP contribution is -2.30. The Hall–Kier alpha value is -3.80. The van der Waals surface area contributed by atoms with E-state index in [-0.39, 0.29) is 24.4 Å². The Bertz CT molecular complexity index is 1000. The SMILES string of the molecule is CC(C)NC(=O)c1ccc(NCC(=O)Nc2cccc(OCc3ccccc3)c2)cc1. The van der Waals surface area contributed by atoms with Gasteiger partial charge in [-0.1, -0.05) is 36.4 Å². The van der Waals surface area contributed by atoms with Crippen LogP contribution in [0.2, 0.25) is 0 Å². The van der Waals surface area contributed by atoms with Crippen molar-refractivity contribution in [3.63, 3.8) is 0 Å². The van der Waals surface area contributed by atoms with Crippen LogP contribution >= 0.6 is 0 Å². The van der Waals surface area contributed by atoms with Gasteiger partial charge in [0.2, 0.25) is 5.91 Å². The minimum atomic E-state index is -0.179. The highest BCUT2D eigenvalue weighted by Gasteiger charge is 2.07. The van der Waals surface area contributed by atoms with E-state index in [2.05, 4.69) is 16.0 Å². The van der Waals surface area contributed by atoms with Crippen LogP contribution in [0.3, 0.4) is 0 Å². The zero-order valence-corrected chi connectivity index (χ0v) is 17.7.